The van der Waals surface area contributed by atoms with Gasteiger partial charge in [-0.3, -0.25) is 14.3 Å². The van der Waals surface area contributed by atoms with Gasteiger partial charge in [0, 0.05) is 11.3 Å². The first-order valence-electron chi connectivity index (χ1n) is 8.49. The molecule has 0 spiro atoms. The first kappa shape index (κ1) is 18.9. The zero-order valence-corrected chi connectivity index (χ0v) is 15.6. The fraction of sp³-hybridized carbons (Fsp3) is 0.263. The summed E-state index contributed by atoms with van der Waals surface area (Å²) in [5, 5.41) is 2.41. The van der Waals surface area contributed by atoms with Crippen LogP contribution < -0.4 is 10.0 Å². The fourth-order valence-corrected chi connectivity index (χ4v) is 4.05. The molecular formula is C19H20N2O5S. The Kier molecular flexibility index (Phi) is 5.46. The molecule has 0 saturated heterocycles. The molecule has 1 aliphatic carbocycles. The molecule has 7 nitrogen and oxygen atoms in total. The summed E-state index contributed by atoms with van der Waals surface area (Å²) < 4.78 is 32.1. The van der Waals surface area contributed by atoms with Crippen LogP contribution in [-0.2, 0) is 32.4 Å². The minimum Gasteiger partial charge on any atom is -0.468 e. The molecule has 2 aromatic carbocycles. The number of sulfonamides is 1. The van der Waals surface area contributed by atoms with Crippen LogP contribution in [0.5, 0.6) is 0 Å². The predicted molar refractivity (Wildman–Crippen MR) is 100 cm³/mol. The van der Waals surface area contributed by atoms with E-state index in [1.165, 1.54) is 36.9 Å². The second kappa shape index (κ2) is 7.79. The number of esters is 1. The largest absolute Gasteiger partial charge is 0.468 e. The summed E-state index contributed by atoms with van der Waals surface area (Å²) in [7, 11) is -2.47. The monoisotopic (exact) mass is 388 g/mol. The van der Waals surface area contributed by atoms with Crippen molar-refractivity contribution in [3.05, 3.63) is 59.2 Å². The average molecular weight is 388 g/mol. The van der Waals surface area contributed by atoms with Gasteiger partial charge in [0.25, 0.3) is 15.9 Å². The minimum atomic E-state index is -3.70. The SMILES string of the molecule is COC(=O)CNC(=O)c1ccc(NS(=O)(=O)c2ccc3c(c2)CCC3)cc1. The number of benzene rings is 2. The highest BCUT2D eigenvalue weighted by Crippen LogP contribution is 2.25. The Morgan fingerprint density at radius 1 is 1.04 bits per heavy atom. The summed E-state index contributed by atoms with van der Waals surface area (Å²) in [6, 6.07) is 11.2. The van der Waals surface area contributed by atoms with Gasteiger partial charge in [-0.15, -0.1) is 0 Å². The van der Waals surface area contributed by atoms with Crippen molar-refractivity contribution < 1.29 is 22.7 Å². The van der Waals surface area contributed by atoms with Crippen LogP contribution in [0.3, 0.4) is 0 Å². The summed E-state index contributed by atoms with van der Waals surface area (Å²) in [4.78, 5) is 23.2. The molecule has 0 atom stereocenters. The van der Waals surface area contributed by atoms with Crippen molar-refractivity contribution in [1.82, 2.24) is 5.32 Å². The van der Waals surface area contributed by atoms with Gasteiger partial charge in [0.15, 0.2) is 0 Å². The molecule has 0 aliphatic heterocycles. The zero-order valence-electron chi connectivity index (χ0n) is 14.8. The van der Waals surface area contributed by atoms with Crippen LogP contribution in [0.15, 0.2) is 47.4 Å². The number of anilines is 1. The van der Waals surface area contributed by atoms with Gasteiger partial charge >= 0.3 is 5.97 Å². The van der Waals surface area contributed by atoms with Crippen molar-refractivity contribution in [1.29, 1.82) is 0 Å². The Bertz CT molecular complexity index is 968. The lowest BCUT2D eigenvalue weighted by atomic mass is 10.1. The number of carbonyl (C=O) groups is 2. The van der Waals surface area contributed by atoms with Gasteiger partial charge in [-0.05, 0) is 66.8 Å². The number of amides is 1. The molecule has 2 N–H and O–H groups in total. The van der Waals surface area contributed by atoms with Crippen molar-refractivity contribution in [2.24, 2.45) is 0 Å². The predicted octanol–water partition coefficient (Wildman–Crippen LogP) is 1.88. The molecule has 0 fully saturated rings. The molecule has 3 rings (SSSR count). The summed E-state index contributed by atoms with van der Waals surface area (Å²) in [5.74, 6) is -1.00. The molecular weight excluding hydrogens is 368 g/mol. The van der Waals surface area contributed by atoms with E-state index in [1.54, 1.807) is 12.1 Å². The van der Waals surface area contributed by atoms with Gasteiger partial charge in [-0.25, -0.2) is 8.42 Å². The molecule has 0 heterocycles. The summed E-state index contributed by atoms with van der Waals surface area (Å²) in [5.41, 5.74) is 2.94. The van der Waals surface area contributed by atoms with E-state index < -0.39 is 21.9 Å². The molecule has 1 aliphatic rings. The maximum Gasteiger partial charge on any atom is 0.325 e. The fourth-order valence-electron chi connectivity index (χ4n) is 2.95. The van der Waals surface area contributed by atoms with Crippen LogP contribution in [0, 0.1) is 0 Å². The van der Waals surface area contributed by atoms with Crippen LogP contribution in [0.4, 0.5) is 5.69 Å². The van der Waals surface area contributed by atoms with E-state index in [0.29, 0.717) is 11.3 Å². The highest BCUT2D eigenvalue weighted by molar-refractivity contribution is 7.92. The maximum absolute atomic E-state index is 12.6. The minimum absolute atomic E-state index is 0.225. The highest BCUT2D eigenvalue weighted by atomic mass is 32.2. The number of rotatable bonds is 6. The van der Waals surface area contributed by atoms with Crippen molar-refractivity contribution >= 4 is 27.6 Å². The third-order valence-corrected chi connectivity index (χ3v) is 5.78. The lowest BCUT2D eigenvalue weighted by Gasteiger charge is -2.10. The number of hydrogen-bond acceptors (Lipinski definition) is 5. The summed E-state index contributed by atoms with van der Waals surface area (Å²) in [6.07, 6.45) is 2.93. The third-order valence-electron chi connectivity index (χ3n) is 4.40. The zero-order chi connectivity index (χ0) is 19.4. The maximum atomic E-state index is 12.6. The first-order valence-corrected chi connectivity index (χ1v) is 9.97. The topological polar surface area (TPSA) is 102 Å². The number of nitrogens with one attached hydrogen (secondary N) is 2. The van der Waals surface area contributed by atoms with Gasteiger partial charge in [0.2, 0.25) is 0 Å². The van der Waals surface area contributed by atoms with Crippen LogP contribution in [0.25, 0.3) is 0 Å². The van der Waals surface area contributed by atoms with Gasteiger partial charge in [0.1, 0.15) is 6.54 Å². The van der Waals surface area contributed by atoms with Crippen LogP contribution >= 0.6 is 0 Å². The van der Waals surface area contributed by atoms with Crippen molar-refractivity contribution in [3.63, 3.8) is 0 Å². The summed E-state index contributed by atoms with van der Waals surface area (Å²) >= 11 is 0. The Morgan fingerprint density at radius 2 is 1.74 bits per heavy atom. The molecule has 0 radical (unpaired) electrons. The Balaban J connectivity index is 1.68. The van der Waals surface area contributed by atoms with Crippen molar-refractivity contribution in [3.8, 4) is 0 Å². The molecule has 0 unspecified atom stereocenters. The van der Waals surface area contributed by atoms with Gasteiger partial charge < -0.3 is 10.1 Å². The number of ether oxygens (including phenoxy) is 1. The molecule has 8 heteroatoms. The van der Waals surface area contributed by atoms with Gasteiger partial charge in [-0.1, -0.05) is 6.07 Å². The van der Waals surface area contributed by atoms with Crippen LogP contribution in [0.1, 0.15) is 27.9 Å². The molecule has 1 amide bonds. The number of fused-ring (bicyclic) bond motifs is 1. The highest BCUT2D eigenvalue weighted by Gasteiger charge is 2.18. The van der Waals surface area contributed by atoms with Gasteiger partial charge in [0.05, 0.1) is 12.0 Å². The third kappa shape index (κ3) is 4.46. The number of methoxy groups -OCH3 is 1. The Morgan fingerprint density at radius 3 is 2.44 bits per heavy atom. The molecule has 142 valence electrons. The quantitative estimate of drug-likeness (QED) is 0.736. The smallest absolute Gasteiger partial charge is 0.325 e. The van der Waals surface area contributed by atoms with Crippen LogP contribution in [-0.4, -0.2) is 33.9 Å². The van der Waals surface area contributed by atoms with E-state index in [1.807, 2.05) is 6.07 Å². The average Bonchev–Trinajstić information content (AvgIpc) is 3.14. The van der Waals surface area contributed by atoms with E-state index in [4.69, 9.17) is 0 Å². The molecule has 2 aromatic rings. The van der Waals surface area contributed by atoms with E-state index in [0.717, 1.165) is 24.8 Å². The Hall–Kier alpha value is -2.87. The normalized spacial score (nSPS) is 12.9. The number of aryl methyl sites for hydroxylation is 2. The molecule has 0 bridgehead atoms. The first-order chi connectivity index (χ1) is 12.9. The number of carbonyl (C=O) groups excluding carboxylic acids is 2. The van der Waals surface area contributed by atoms with E-state index >= 15 is 0 Å². The van der Waals surface area contributed by atoms with Crippen molar-refractivity contribution in [2.75, 3.05) is 18.4 Å². The van der Waals surface area contributed by atoms with E-state index in [9.17, 15) is 18.0 Å². The standard InChI is InChI=1S/C19H20N2O5S/c1-26-18(22)12-20-19(23)14-5-8-16(9-6-14)21-27(24,25)17-10-7-13-3-2-4-15(13)11-17/h5-11,21H,2-4,12H2,1H3,(H,20,23). The van der Waals surface area contributed by atoms with E-state index in [2.05, 4.69) is 14.8 Å². The molecule has 0 saturated carbocycles. The number of hydrogen-bond donors (Lipinski definition) is 2. The molecule has 0 aromatic heterocycles. The van der Waals surface area contributed by atoms with Gasteiger partial charge in [-0.2, -0.15) is 0 Å². The summed E-state index contributed by atoms with van der Waals surface area (Å²) in [6.45, 7) is -0.234. The lowest BCUT2D eigenvalue weighted by Crippen LogP contribution is -2.30. The van der Waals surface area contributed by atoms with Crippen LogP contribution in [0.2, 0.25) is 0 Å². The second-order valence-corrected chi connectivity index (χ2v) is 7.91. The van der Waals surface area contributed by atoms with E-state index in [-0.39, 0.29) is 11.4 Å². The second-order valence-electron chi connectivity index (χ2n) is 6.23. The lowest BCUT2D eigenvalue weighted by molar-refractivity contribution is -0.139. The molecule has 27 heavy (non-hydrogen) atoms. The Labute approximate surface area is 157 Å². The van der Waals surface area contributed by atoms with Crippen molar-refractivity contribution in [2.45, 2.75) is 24.2 Å².